The first kappa shape index (κ1) is 13.3. The number of fused-ring (bicyclic) bond motifs is 1. The van der Waals surface area contributed by atoms with Gasteiger partial charge in [-0.15, -0.1) is 0 Å². The molecule has 0 fully saturated rings. The molecule has 0 spiro atoms. The van der Waals surface area contributed by atoms with Gasteiger partial charge in [-0.2, -0.15) is 0 Å². The van der Waals surface area contributed by atoms with Crippen LogP contribution >= 0.6 is 0 Å². The second kappa shape index (κ2) is 5.70. The molecule has 100 valence electrons. The number of hydrogen-bond donors (Lipinski definition) is 1. The zero-order chi connectivity index (χ0) is 13.1. The Morgan fingerprint density at radius 3 is 2.83 bits per heavy atom. The molecule has 0 aromatic carbocycles. The Hall–Kier alpha value is -1.09. The second-order valence-corrected chi connectivity index (χ2v) is 5.63. The van der Waals surface area contributed by atoms with E-state index in [0.29, 0.717) is 6.04 Å². The van der Waals surface area contributed by atoms with Crippen molar-refractivity contribution in [2.45, 2.75) is 59.0 Å². The summed E-state index contributed by atoms with van der Waals surface area (Å²) in [5.74, 6) is 1.15. The van der Waals surface area contributed by atoms with Crippen molar-refractivity contribution in [2.24, 2.45) is 0 Å². The highest BCUT2D eigenvalue weighted by molar-refractivity contribution is 5.21. The normalized spacial score (nSPS) is 14.9. The van der Waals surface area contributed by atoms with E-state index in [1.54, 1.807) is 0 Å². The van der Waals surface area contributed by atoms with E-state index in [1.807, 2.05) is 0 Å². The molecule has 0 unspecified atom stereocenters. The van der Waals surface area contributed by atoms with Crippen LogP contribution in [0.3, 0.4) is 0 Å². The van der Waals surface area contributed by atoms with Crippen LogP contribution in [0, 0.1) is 6.92 Å². The Morgan fingerprint density at radius 2 is 2.11 bits per heavy atom. The number of aryl methyl sites for hydroxylation is 2. The van der Waals surface area contributed by atoms with Crippen LogP contribution in [0.15, 0.2) is 12.2 Å². The summed E-state index contributed by atoms with van der Waals surface area (Å²) in [6.07, 6.45) is 4.93. The molecular weight excluding hydrogens is 222 g/mol. The van der Waals surface area contributed by atoms with Crippen molar-refractivity contribution in [3.63, 3.8) is 0 Å². The maximum atomic E-state index is 4.70. The van der Waals surface area contributed by atoms with Crippen LogP contribution in [0.5, 0.6) is 0 Å². The number of nitrogens with one attached hydrogen (secondary N) is 1. The summed E-state index contributed by atoms with van der Waals surface area (Å²) < 4.78 is 2.36. The third-order valence-electron chi connectivity index (χ3n) is 3.57. The maximum Gasteiger partial charge on any atom is 0.106 e. The molecule has 18 heavy (non-hydrogen) atoms. The maximum absolute atomic E-state index is 4.70. The molecule has 0 radical (unpaired) electrons. The fraction of sp³-hybridized carbons (Fsp3) is 0.667. The summed E-state index contributed by atoms with van der Waals surface area (Å²) in [6.45, 7) is 12.4. The minimum Gasteiger partial charge on any atom is -0.328 e. The van der Waals surface area contributed by atoms with Crippen LogP contribution in [-0.4, -0.2) is 22.1 Å². The van der Waals surface area contributed by atoms with Crippen molar-refractivity contribution in [3.05, 3.63) is 29.4 Å². The molecular formula is C15H25N3. The molecule has 1 aliphatic rings. The molecule has 0 bridgehead atoms. The van der Waals surface area contributed by atoms with Gasteiger partial charge in [0.05, 0.1) is 5.69 Å². The highest BCUT2D eigenvalue weighted by atomic mass is 15.1. The molecule has 1 aliphatic carbocycles. The molecule has 2 rings (SSSR count). The third-order valence-corrected chi connectivity index (χ3v) is 3.57. The summed E-state index contributed by atoms with van der Waals surface area (Å²) >= 11 is 0. The van der Waals surface area contributed by atoms with Crippen LogP contribution in [0.1, 0.15) is 43.9 Å². The third kappa shape index (κ3) is 3.02. The van der Waals surface area contributed by atoms with Gasteiger partial charge in [0.15, 0.2) is 0 Å². The summed E-state index contributed by atoms with van der Waals surface area (Å²) in [5, 5.41) is 3.42. The van der Waals surface area contributed by atoms with E-state index in [0.717, 1.165) is 25.3 Å². The molecule has 0 amide bonds. The van der Waals surface area contributed by atoms with Crippen molar-refractivity contribution in [1.82, 2.24) is 14.9 Å². The monoisotopic (exact) mass is 247 g/mol. The van der Waals surface area contributed by atoms with Gasteiger partial charge in [0.2, 0.25) is 0 Å². The molecule has 0 aliphatic heterocycles. The van der Waals surface area contributed by atoms with Crippen molar-refractivity contribution in [2.75, 3.05) is 6.54 Å². The van der Waals surface area contributed by atoms with Crippen LogP contribution < -0.4 is 5.32 Å². The van der Waals surface area contributed by atoms with Crippen molar-refractivity contribution in [3.8, 4) is 0 Å². The zero-order valence-electron chi connectivity index (χ0n) is 11.9. The molecule has 1 aromatic rings. The molecule has 0 saturated heterocycles. The van der Waals surface area contributed by atoms with Crippen molar-refractivity contribution in [1.29, 1.82) is 0 Å². The fourth-order valence-electron chi connectivity index (χ4n) is 2.57. The Balaban J connectivity index is 2.04. The van der Waals surface area contributed by atoms with Gasteiger partial charge >= 0.3 is 0 Å². The Labute approximate surface area is 110 Å². The predicted molar refractivity (Wildman–Crippen MR) is 75.9 cm³/mol. The molecule has 1 heterocycles. The van der Waals surface area contributed by atoms with Gasteiger partial charge in [-0.05, 0) is 38.2 Å². The minimum atomic E-state index is 0.513. The van der Waals surface area contributed by atoms with E-state index in [9.17, 15) is 0 Å². The lowest BCUT2D eigenvalue weighted by Crippen LogP contribution is -2.26. The van der Waals surface area contributed by atoms with Crippen LogP contribution in [-0.2, 0) is 19.4 Å². The van der Waals surface area contributed by atoms with Gasteiger partial charge in [-0.25, -0.2) is 4.98 Å². The van der Waals surface area contributed by atoms with E-state index < -0.39 is 0 Å². The molecule has 3 nitrogen and oxygen atoms in total. The van der Waals surface area contributed by atoms with E-state index in [-0.39, 0.29) is 0 Å². The number of imidazole rings is 1. The lowest BCUT2D eigenvalue weighted by atomic mass is 10.0. The van der Waals surface area contributed by atoms with Gasteiger partial charge in [-0.3, -0.25) is 0 Å². The highest BCUT2D eigenvalue weighted by Gasteiger charge is 2.18. The van der Waals surface area contributed by atoms with E-state index in [2.05, 4.69) is 37.2 Å². The largest absolute Gasteiger partial charge is 0.328 e. The lowest BCUT2D eigenvalue weighted by molar-refractivity contribution is 0.584. The van der Waals surface area contributed by atoms with Crippen molar-refractivity contribution < 1.29 is 0 Å². The first-order valence-electron chi connectivity index (χ1n) is 7.03. The fourth-order valence-corrected chi connectivity index (χ4v) is 2.57. The van der Waals surface area contributed by atoms with Crippen LogP contribution in [0.2, 0.25) is 0 Å². The average molecular weight is 247 g/mol. The number of rotatable bonds is 5. The minimum absolute atomic E-state index is 0.513. The summed E-state index contributed by atoms with van der Waals surface area (Å²) in [4.78, 5) is 4.70. The van der Waals surface area contributed by atoms with E-state index in [1.165, 1.54) is 36.2 Å². The predicted octanol–water partition coefficient (Wildman–Crippen LogP) is 2.62. The molecule has 1 N–H and O–H groups in total. The van der Waals surface area contributed by atoms with E-state index in [4.69, 9.17) is 4.98 Å². The molecule has 0 saturated carbocycles. The highest BCUT2D eigenvalue weighted by Crippen LogP contribution is 2.22. The zero-order valence-corrected chi connectivity index (χ0v) is 11.9. The van der Waals surface area contributed by atoms with Crippen LogP contribution in [0.4, 0.5) is 0 Å². The SMILES string of the molecule is C=C(CNC(C)C)Cn1c(C)nc2c1CCCC2. The lowest BCUT2D eigenvalue weighted by Gasteiger charge is -2.17. The number of nitrogens with zero attached hydrogens (tertiary/aromatic N) is 2. The van der Waals surface area contributed by atoms with Gasteiger partial charge in [0.1, 0.15) is 5.82 Å². The smallest absolute Gasteiger partial charge is 0.106 e. The van der Waals surface area contributed by atoms with Gasteiger partial charge in [0.25, 0.3) is 0 Å². The quantitative estimate of drug-likeness (QED) is 0.811. The average Bonchev–Trinajstić information content (AvgIpc) is 2.64. The second-order valence-electron chi connectivity index (χ2n) is 5.63. The topological polar surface area (TPSA) is 29.9 Å². The molecule has 0 atom stereocenters. The first-order valence-corrected chi connectivity index (χ1v) is 7.03. The molecule has 3 heteroatoms. The Bertz CT molecular complexity index is 429. The first-order chi connectivity index (χ1) is 8.58. The summed E-state index contributed by atoms with van der Waals surface area (Å²) in [6, 6.07) is 0.513. The van der Waals surface area contributed by atoms with Gasteiger partial charge < -0.3 is 9.88 Å². The van der Waals surface area contributed by atoms with Gasteiger partial charge in [0, 0.05) is 24.8 Å². The standard InChI is InChI=1S/C15H25N3/c1-11(2)16-9-12(3)10-18-13(4)17-14-7-5-6-8-15(14)18/h11,16H,3,5-10H2,1-2,4H3. The van der Waals surface area contributed by atoms with Crippen molar-refractivity contribution >= 4 is 0 Å². The number of aromatic nitrogens is 2. The van der Waals surface area contributed by atoms with E-state index >= 15 is 0 Å². The Morgan fingerprint density at radius 1 is 1.39 bits per heavy atom. The molecule has 1 aromatic heterocycles. The van der Waals surface area contributed by atoms with Crippen LogP contribution in [0.25, 0.3) is 0 Å². The number of hydrogen-bond acceptors (Lipinski definition) is 2. The Kier molecular flexibility index (Phi) is 4.23. The summed E-state index contributed by atoms with van der Waals surface area (Å²) in [5.41, 5.74) is 4.00. The summed E-state index contributed by atoms with van der Waals surface area (Å²) in [7, 11) is 0. The van der Waals surface area contributed by atoms with Gasteiger partial charge in [-0.1, -0.05) is 20.4 Å².